The SMILES string of the molecule is C[C@H](NC(=O)c1cn(C2CNC2)nn1)c1cccc(F)c1. The molecule has 0 bridgehead atoms. The molecule has 1 fully saturated rings. The van der Waals surface area contributed by atoms with Crippen molar-refractivity contribution in [2.75, 3.05) is 13.1 Å². The predicted octanol–water partition coefficient (Wildman–Crippen LogP) is 1.05. The van der Waals surface area contributed by atoms with Gasteiger partial charge < -0.3 is 10.6 Å². The lowest BCUT2D eigenvalue weighted by Gasteiger charge is -2.26. The highest BCUT2D eigenvalue weighted by molar-refractivity contribution is 5.92. The Kier molecular flexibility index (Phi) is 3.66. The summed E-state index contributed by atoms with van der Waals surface area (Å²) >= 11 is 0. The van der Waals surface area contributed by atoms with Gasteiger partial charge in [0.25, 0.3) is 5.91 Å². The number of carbonyl (C=O) groups is 1. The number of nitrogens with zero attached hydrogens (tertiary/aromatic N) is 3. The van der Waals surface area contributed by atoms with Crippen molar-refractivity contribution in [2.24, 2.45) is 0 Å². The second-order valence-electron chi connectivity index (χ2n) is 5.15. The Labute approximate surface area is 121 Å². The summed E-state index contributed by atoms with van der Waals surface area (Å²) in [6.45, 7) is 3.47. The lowest BCUT2D eigenvalue weighted by molar-refractivity contribution is 0.0934. The fourth-order valence-electron chi connectivity index (χ4n) is 2.15. The van der Waals surface area contributed by atoms with Crippen LogP contribution in [0, 0.1) is 5.82 Å². The minimum atomic E-state index is -0.322. The maximum Gasteiger partial charge on any atom is 0.273 e. The molecule has 1 aromatic carbocycles. The highest BCUT2D eigenvalue weighted by Gasteiger charge is 2.22. The van der Waals surface area contributed by atoms with Gasteiger partial charge in [-0.2, -0.15) is 0 Å². The second kappa shape index (κ2) is 5.61. The van der Waals surface area contributed by atoms with E-state index in [4.69, 9.17) is 0 Å². The predicted molar refractivity (Wildman–Crippen MR) is 74.2 cm³/mol. The molecule has 1 amide bonds. The zero-order chi connectivity index (χ0) is 14.8. The number of carbonyl (C=O) groups excluding carboxylic acids is 1. The van der Waals surface area contributed by atoms with E-state index in [1.54, 1.807) is 29.9 Å². The van der Waals surface area contributed by atoms with Crippen LogP contribution in [-0.4, -0.2) is 34.0 Å². The lowest BCUT2D eigenvalue weighted by Crippen LogP contribution is -2.43. The van der Waals surface area contributed by atoms with E-state index in [2.05, 4.69) is 20.9 Å². The Morgan fingerprint density at radius 2 is 2.33 bits per heavy atom. The minimum Gasteiger partial charge on any atom is -0.344 e. The molecule has 110 valence electrons. The van der Waals surface area contributed by atoms with E-state index in [0.29, 0.717) is 5.56 Å². The van der Waals surface area contributed by atoms with E-state index in [-0.39, 0.29) is 29.5 Å². The van der Waals surface area contributed by atoms with Gasteiger partial charge in [-0.15, -0.1) is 5.10 Å². The van der Waals surface area contributed by atoms with Gasteiger partial charge >= 0.3 is 0 Å². The van der Waals surface area contributed by atoms with Crippen LogP contribution in [0.4, 0.5) is 4.39 Å². The molecule has 7 heteroatoms. The number of nitrogens with one attached hydrogen (secondary N) is 2. The van der Waals surface area contributed by atoms with E-state index in [1.807, 2.05) is 0 Å². The largest absolute Gasteiger partial charge is 0.344 e. The fraction of sp³-hybridized carbons (Fsp3) is 0.357. The molecule has 1 saturated heterocycles. The van der Waals surface area contributed by atoms with E-state index < -0.39 is 0 Å². The average molecular weight is 289 g/mol. The third-order valence-electron chi connectivity index (χ3n) is 3.57. The van der Waals surface area contributed by atoms with Crippen LogP contribution in [0.5, 0.6) is 0 Å². The molecule has 1 aromatic heterocycles. The van der Waals surface area contributed by atoms with Gasteiger partial charge in [0.2, 0.25) is 0 Å². The number of benzene rings is 1. The van der Waals surface area contributed by atoms with Crippen LogP contribution in [0.3, 0.4) is 0 Å². The number of aromatic nitrogens is 3. The summed E-state index contributed by atoms with van der Waals surface area (Å²) in [5.41, 5.74) is 0.976. The molecule has 0 radical (unpaired) electrons. The summed E-state index contributed by atoms with van der Waals surface area (Å²) < 4.78 is 14.9. The molecule has 2 heterocycles. The standard InChI is InChI=1S/C14H16FN5O/c1-9(10-3-2-4-11(15)5-10)17-14(21)13-8-20(19-18-13)12-6-16-7-12/h2-5,8-9,12,16H,6-7H2,1H3,(H,17,21)/t9-/m0/s1. The second-order valence-corrected chi connectivity index (χ2v) is 5.15. The number of halogens is 1. The van der Waals surface area contributed by atoms with Crippen LogP contribution in [0.1, 0.15) is 35.1 Å². The van der Waals surface area contributed by atoms with Gasteiger partial charge in [0.1, 0.15) is 5.82 Å². The van der Waals surface area contributed by atoms with Gasteiger partial charge in [0, 0.05) is 13.1 Å². The lowest BCUT2D eigenvalue weighted by atomic mass is 10.1. The van der Waals surface area contributed by atoms with Gasteiger partial charge in [-0.05, 0) is 24.6 Å². The zero-order valence-electron chi connectivity index (χ0n) is 11.6. The Morgan fingerprint density at radius 1 is 1.52 bits per heavy atom. The van der Waals surface area contributed by atoms with Crippen molar-refractivity contribution in [2.45, 2.75) is 19.0 Å². The van der Waals surface area contributed by atoms with Crippen LogP contribution < -0.4 is 10.6 Å². The normalized spacial score (nSPS) is 16.3. The number of amides is 1. The summed E-state index contributed by atoms with van der Waals surface area (Å²) in [7, 11) is 0. The van der Waals surface area contributed by atoms with E-state index in [1.165, 1.54) is 12.1 Å². The third-order valence-corrected chi connectivity index (χ3v) is 3.57. The maximum atomic E-state index is 13.2. The van der Waals surface area contributed by atoms with Crippen LogP contribution in [0.2, 0.25) is 0 Å². The highest BCUT2D eigenvalue weighted by atomic mass is 19.1. The van der Waals surface area contributed by atoms with Gasteiger partial charge in [0.05, 0.1) is 18.3 Å². The molecule has 21 heavy (non-hydrogen) atoms. The zero-order valence-corrected chi connectivity index (χ0v) is 11.6. The summed E-state index contributed by atoms with van der Waals surface area (Å²) in [6.07, 6.45) is 1.64. The molecular weight excluding hydrogens is 273 g/mol. The van der Waals surface area contributed by atoms with Crippen LogP contribution >= 0.6 is 0 Å². The molecule has 6 nitrogen and oxygen atoms in total. The maximum absolute atomic E-state index is 13.2. The van der Waals surface area contributed by atoms with Crippen molar-refractivity contribution in [1.82, 2.24) is 25.6 Å². The van der Waals surface area contributed by atoms with Crippen LogP contribution in [0.25, 0.3) is 0 Å². The molecule has 1 aliphatic heterocycles. The summed E-state index contributed by atoms with van der Waals surface area (Å²) in [4.78, 5) is 12.1. The molecule has 2 N–H and O–H groups in total. The first-order valence-electron chi connectivity index (χ1n) is 6.82. The van der Waals surface area contributed by atoms with E-state index in [9.17, 15) is 9.18 Å². The third kappa shape index (κ3) is 2.92. The number of hydrogen-bond acceptors (Lipinski definition) is 4. The Bertz CT molecular complexity index is 652. The highest BCUT2D eigenvalue weighted by Crippen LogP contribution is 2.14. The van der Waals surface area contributed by atoms with Gasteiger partial charge in [0.15, 0.2) is 5.69 Å². The van der Waals surface area contributed by atoms with Crippen LogP contribution in [0.15, 0.2) is 30.5 Å². The molecule has 1 atom stereocenters. The minimum absolute atomic E-state index is 0.264. The molecule has 0 unspecified atom stereocenters. The summed E-state index contributed by atoms with van der Waals surface area (Å²) in [5, 5.41) is 13.8. The Morgan fingerprint density at radius 3 is 3.00 bits per heavy atom. The molecule has 3 rings (SSSR count). The van der Waals surface area contributed by atoms with Crippen molar-refractivity contribution in [3.05, 3.63) is 47.5 Å². The Hall–Kier alpha value is -2.28. The monoisotopic (exact) mass is 289 g/mol. The topological polar surface area (TPSA) is 71.8 Å². The quantitative estimate of drug-likeness (QED) is 0.882. The van der Waals surface area contributed by atoms with Gasteiger partial charge in [-0.1, -0.05) is 17.3 Å². The average Bonchev–Trinajstić information content (AvgIpc) is 2.86. The summed E-state index contributed by atoms with van der Waals surface area (Å²) in [5.74, 6) is -0.637. The van der Waals surface area contributed by atoms with Gasteiger partial charge in [-0.3, -0.25) is 4.79 Å². The van der Waals surface area contributed by atoms with Crippen molar-refractivity contribution in [3.8, 4) is 0 Å². The molecule has 0 saturated carbocycles. The van der Waals surface area contributed by atoms with Crippen molar-refractivity contribution in [1.29, 1.82) is 0 Å². The van der Waals surface area contributed by atoms with Gasteiger partial charge in [-0.25, -0.2) is 9.07 Å². The van der Waals surface area contributed by atoms with Crippen LogP contribution in [-0.2, 0) is 0 Å². The molecule has 1 aliphatic rings. The van der Waals surface area contributed by atoms with E-state index in [0.717, 1.165) is 13.1 Å². The Balaban J connectivity index is 1.66. The molecule has 0 aliphatic carbocycles. The van der Waals surface area contributed by atoms with E-state index >= 15 is 0 Å². The van der Waals surface area contributed by atoms with Crippen molar-refractivity contribution in [3.63, 3.8) is 0 Å². The molecular formula is C14H16FN5O. The fourth-order valence-corrected chi connectivity index (χ4v) is 2.15. The summed E-state index contributed by atoms with van der Waals surface area (Å²) in [6, 6.07) is 6.12. The van der Waals surface area contributed by atoms with Crippen molar-refractivity contribution < 1.29 is 9.18 Å². The first-order valence-corrected chi connectivity index (χ1v) is 6.82. The van der Waals surface area contributed by atoms with Crippen molar-refractivity contribution >= 4 is 5.91 Å². The number of hydrogen-bond donors (Lipinski definition) is 2. The first-order chi connectivity index (χ1) is 10.1. The molecule has 0 spiro atoms. The smallest absolute Gasteiger partial charge is 0.273 e. The number of rotatable bonds is 4. The molecule has 2 aromatic rings. The first kappa shape index (κ1) is 13.7.